The fourth-order valence-electron chi connectivity index (χ4n) is 1.76. The van der Waals surface area contributed by atoms with Gasteiger partial charge in [-0.25, -0.2) is 13.1 Å². The van der Waals surface area contributed by atoms with Crippen LogP contribution in [0.3, 0.4) is 0 Å². The van der Waals surface area contributed by atoms with E-state index in [1.165, 1.54) is 0 Å². The lowest BCUT2D eigenvalue weighted by molar-refractivity contribution is 0.464. The molecular weight excluding hydrogens is 376 g/mol. The smallest absolute Gasteiger partial charge is 0.244 e. The number of thiophene rings is 1. The van der Waals surface area contributed by atoms with Gasteiger partial charge in [-0.2, -0.15) is 0 Å². The highest BCUT2D eigenvalue weighted by Gasteiger charge is 2.22. The molecule has 0 unspecified atom stereocenters. The van der Waals surface area contributed by atoms with Crippen LogP contribution in [0, 0.1) is 0 Å². The van der Waals surface area contributed by atoms with Gasteiger partial charge in [0.15, 0.2) is 4.67 Å². The molecule has 2 heterocycles. The van der Waals surface area contributed by atoms with Gasteiger partial charge in [-0.3, -0.25) is 0 Å². The van der Waals surface area contributed by atoms with Gasteiger partial charge in [-0.05, 0) is 40.3 Å². The Labute approximate surface area is 136 Å². The summed E-state index contributed by atoms with van der Waals surface area (Å²) in [6, 6.07) is 5.48. The molecule has 0 fully saturated rings. The molecule has 0 aliphatic carbocycles. The van der Waals surface area contributed by atoms with Crippen molar-refractivity contribution in [3.8, 4) is 0 Å². The van der Waals surface area contributed by atoms with Crippen molar-refractivity contribution < 1.29 is 12.8 Å². The lowest BCUT2D eigenvalue weighted by Crippen LogP contribution is -2.25. The van der Waals surface area contributed by atoms with Crippen LogP contribution in [0.4, 0.5) is 0 Å². The minimum absolute atomic E-state index is 0.140. The van der Waals surface area contributed by atoms with Gasteiger partial charge in [0.05, 0.1) is 6.54 Å². The normalized spacial score (nSPS) is 11.9. The van der Waals surface area contributed by atoms with E-state index in [2.05, 4.69) is 26.0 Å². The van der Waals surface area contributed by atoms with Gasteiger partial charge in [0.1, 0.15) is 10.7 Å². The first-order valence-corrected chi connectivity index (χ1v) is 9.69. The van der Waals surface area contributed by atoms with E-state index in [1.807, 2.05) is 24.4 Å². The lowest BCUT2D eigenvalue weighted by Gasteiger charge is -2.03. The van der Waals surface area contributed by atoms with Crippen LogP contribution >= 0.6 is 27.3 Å². The Balaban J connectivity index is 1.99. The van der Waals surface area contributed by atoms with Crippen LogP contribution in [0.25, 0.3) is 0 Å². The maximum atomic E-state index is 12.3. The van der Waals surface area contributed by atoms with Gasteiger partial charge < -0.3 is 9.73 Å². The average molecular weight is 393 g/mol. The maximum Gasteiger partial charge on any atom is 0.244 e. The van der Waals surface area contributed by atoms with Crippen LogP contribution in [0.2, 0.25) is 0 Å². The average Bonchev–Trinajstić information content (AvgIpc) is 3.06. The summed E-state index contributed by atoms with van der Waals surface area (Å²) < 4.78 is 32.7. The van der Waals surface area contributed by atoms with Gasteiger partial charge in [0, 0.05) is 17.5 Å². The molecule has 5 nitrogen and oxygen atoms in total. The molecule has 2 aromatic heterocycles. The summed E-state index contributed by atoms with van der Waals surface area (Å²) in [5.41, 5.74) is 0. The first-order valence-electron chi connectivity index (χ1n) is 6.54. The Morgan fingerprint density at radius 2 is 2.24 bits per heavy atom. The number of nitrogens with one attached hydrogen (secondary N) is 2. The number of hydrogen-bond donors (Lipinski definition) is 2. The zero-order chi connectivity index (χ0) is 15.3. The molecule has 0 bridgehead atoms. The molecule has 0 aliphatic heterocycles. The van der Waals surface area contributed by atoms with Crippen molar-refractivity contribution >= 4 is 37.3 Å². The first-order chi connectivity index (χ1) is 10.0. The third-order valence-corrected chi connectivity index (χ3v) is 6.04. The molecule has 0 spiro atoms. The highest BCUT2D eigenvalue weighted by Crippen LogP contribution is 2.26. The van der Waals surface area contributed by atoms with Gasteiger partial charge in [0.2, 0.25) is 10.0 Å². The van der Waals surface area contributed by atoms with E-state index >= 15 is 0 Å². The van der Waals surface area contributed by atoms with Crippen LogP contribution in [-0.4, -0.2) is 21.5 Å². The summed E-state index contributed by atoms with van der Waals surface area (Å²) in [5.74, 6) is 0.586. The van der Waals surface area contributed by atoms with Crippen LogP contribution in [-0.2, 0) is 23.0 Å². The monoisotopic (exact) mass is 392 g/mol. The minimum atomic E-state index is -3.56. The summed E-state index contributed by atoms with van der Waals surface area (Å²) in [4.78, 5) is 1.29. The Kier molecular flexibility index (Phi) is 6.00. The van der Waals surface area contributed by atoms with Crippen molar-refractivity contribution in [2.75, 3.05) is 13.1 Å². The molecular formula is C13H17BrN2O3S2. The van der Waals surface area contributed by atoms with Crippen molar-refractivity contribution in [2.24, 2.45) is 0 Å². The second kappa shape index (κ2) is 7.55. The molecule has 21 heavy (non-hydrogen) atoms. The van der Waals surface area contributed by atoms with Crippen molar-refractivity contribution in [1.29, 1.82) is 0 Å². The predicted molar refractivity (Wildman–Crippen MR) is 87.0 cm³/mol. The van der Waals surface area contributed by atoms with Crippen LogP contribution in [0.5, 0.6) is 0 Å². The zero-order valence-corrected chi connectivity index (χ0v) is 14.8. The number of hydrogen-bond acceptors (Lipinski definition) is 5. The highest BCUT2D eigenvalue weighted by molar-refractivity contribution is 9.10. The Morgan fingerprint density at radius 3 is 2.90 bits per heavy atom. The molecule has 2 rings (SSSR count). The summed E-state index contributed by atoms with van der Waals surface area (Å²) in [7, 11) is -3.56. The number of furan rings is 1. The molecule has 116 valence electrons. The lowest BCUT2D eigenvalue weighted by atomic mass is 10.3. The summed E-state index contributed by atoms with van der Waals surface area (Å²) >= 11 is 4.78. The van der Waals surface area contributed by atoms with Crippen molar-refractivity contribution in [1.82, 2.24) is 10.0 Å². The van der Waals surface area contributed by atoms with E-state index in [4.69, 9.17) is 4.42 Å². The Morgan fingerprint density at radius 1 is 1.43 bits per heavy atom. The molecule has 8 heteroatoms. The summed E-state index contributed by atoms with van der Waals surface area (Å²) in [6.45, 7) is 3.63. The van der Waals surface area contributed by atoms with Gasteiger partial charge in [-0.1, -0.05) is 13.0 Å². The highest BCUT2D eigenvalue weighted by atomic mass is 79.9. The van der Waals surface area contributed by atoms with E-state index in [-0.39, 0.29) is 9.56 Å². The van der Waals surface area contributed by atoms with Gasteiger partial charge in [0.25, 0.3) is 0 Å². The molecule has 0 atom stereocenters. The summed E-state index contributed by atoms with van der Waals surface area (Å²) in [5, 5.41) is 5.07. The van der Waals surface area contributed by atoms with Crippen molar-refractivity contribution in [3.63, 3.8) is 0 Å². The largest absolute Gasteiger partial charge is 0.452 e. The Hall–Kier alpha value is -0.670. The topological polar surface area (TPSA) is 71.3 Å². The molecule has 0 radical (unpaired) electrons. The molecule has 2 aromatic rings. The van der Waals surface area contributed by atoms with Crippen LogP contribution in [0.15, 0.2) is 37.6 Å². The molecule has 0 amide bonds. The van der Waals surface area contributed by atoms with Crippen LogP contribution in [0.1, 0.15) is 17.6 Å². The van der Waals surface area contributed by atoms with E-state index < -0.39 is 10.0 Å². The third kappa shape index (κ3) is 4.65. The molecule has 2 N–H and O–H groups in total. The van der Waals surface area contributed by atoms with Crippen LogP contribution < -0.4 is 10.0 Å². The summed E-state index contributed by atoms with van der Waals surface area (Å²) in [6.07, 6.45) is 0.677. The predicted octanol–water partition coefficient (Wildman–Crippen LogP) is 2.73. The Bertz CT molecular complexity index is 666. The molecule has 0 aliphatic rings. The number of rotatable bonds is 8. The fourth-order valence-corrected chi connectivity index (χ4v) is 4.49. The number of halogens is 1. The van der Waals surface area contributed by atoms with E-state index in [9.17, 15) is 8.42 Å². The second-order valence-electron chi connectivity index (χ2n) is 4.36. The van der Waals surface area contributed by atoms with E-state index in [1.54, 1.807) is 17.4 Å². The standard InChI is InChI=1S/C13H17BrN2O3S2/c1-2-15-9-10-8-12(13(14)19-10)21(17,18)16-6-5-11-4-3-7-20-11/h3-4,7-8,15-16H,2,5-6,9H2,1H3. The second-order valence-corrected chi connectivity index (χ2v) is 7.85. The molecule has 0 aromatic carbocycles. The number of sulfonamides is 1. The van der Waals surface area contributed by atoms with Crippen molar-refractivity contribution in [2.45, 2.75) is 24.8 Å². The van der Waals surface area contributed by atoms with Gasteiger partial charge >= 0.3 is 0 Å². The molecule has 0 saturated carbocycles. The third-order valence-electron chi connectivity index (χ3n) is 2.79. The van der Waals surface area contributed by atoms with E-state index in [0.29, 0.717) is 25.3 Å². The van der Waals surface area contributed by atoms with E-state index in [0.717, 1.165) is 11.4 Å². The van der Waals surface area contributed by atoms with Gasteiger partial charge in [-0.15, -0.1) is 11.3 Å². The fraction of sp³-hybridized carbons (Fsp3) is 0.385. The minimum Gasteiger partial charge on any atom is -0.452 e. The maximum absolute atomic E-state index is 12.3. The SMILES string of the molecule is CCNCc1cc(S(=O)(=O)NCCc2cccs2)c(Br)o1. The first kappa shape index (κ1) is 16.7. The quantitative estimate of drug-likeness (QED) is 0.724. The zero-order valence-electron chi connectivity index (χ0n) is 11.6. The van der Waals surface area contributed by atoms with Crippen molar-refractivity contribution in [3.05, 3.63) is 38.9 Å². The molecule has 0 saturated heterocycles.